The van der Waals surface area contributed by atoms with Gasteiger partial charge >= 0.3 is 0 Å². The maximum absolute atomic E-state index is 9.75. The predicted molar refractivity (Wildman–Crippen MR) is 83.8 cm³/mol. The number of hydrogen-bond donors (Lipinski definition) is 2. The van der Waals surface area contributed by atoms with E-state index < -0.39 is 0 Å². The summed E-state index contributed by atoms with van der Waals surface area (Å²) in [5.41, 5.74) is 2.38. The normalized spacial score (nSPS) is 17.1. The summed E-state index contributed by atoms with van der Waals surface area (Å²) in [5, 5.41) is 13.3. The first-order valence-corrected chi connectivity index (χ1v) is 7.51. The molecule has 0 unspecified atom stereocenters. The van der Waals surface area contributed by atoms with Gasteiger partial charge in [-0.3, -0.25) is 4.90 Å². The van der Waals surface area contributed by atoms with E-state index in [0.717, 1.165) is 31.7 Å². The Hall–Kier alpha value is -1.32. The number of nitrogens with one attached hydrogen (secondary N) is 1. The minimum atomic E-state index is 0.390. The largest absolute Gasteiger partial charge is 0.508 e. The Labute approximate surface area is 122 Å². The van der Waals surface area contributed by atoms with Crippen LogP contribution in [-0.4, -0.2) is 35.7 Å². The molecule has 0 spiro atoms. The van der Waals surface area contributed by atoms with E-state index in [2.05, 4.69) is 30.1 Å². The fourth-order valence-electron chi connectivity index (χ4n) is 2.55. The van der Waals surface area contributed by atoms with Gasteiger partial charge in [-0.05, 0) is 45.8 Å². The summed E-state index contributed by atoms with van der Waals surface area (Å²) in [5.74, 6) is 0.390. The van der Waals surface area contributed by atoms with E-state index >= 15 is 0 Å². The van der Waals surface area contributed by atoms with Crippen molar-refractivity contribution in [3.63, 3.8) is 0 Å². The van der Waals surface area contributed by atoms with Gasteiger partial charge in [0.1, 0.15) is 5.75 Å². The summed E-state index contributed by atoms with van der Waals surface area (Å²) in [4.78, 5) is 2.51. The average molecular weight is 274 g/mol. The standard InChI is InChI=1S/C17H26N2O/c1-14(2)7-10-19-11-8-16(9-12-19)18-13-15-5-3-4-6-17(15)20/h3-7,16,18,20H,8-13H2,1-2H3. The number of phenols is 1. The van der Waals surface area contributed by atoms with E-state index in [-0.39, 0.29) is 0 Å². The van der Waals surface area contributed by atoms with Crippen molar-refractivity contribution in [3.05, 3.63) is 41.5 Å². The first-order valence-electron chi connectivity index (χ1n) is 7.51. The molecule has 20 heavy (non-hydrogen) atoms. The smallest absolute Gasteiger partial charge is 0.120 e. The van der Waals surface area contributed by atoms with E-state index in [1.54, 1.807) is 6.07 Å². The number of rotatable bonds is 5. The fourth-order valence-corrected chi connectivity index (χ4v) is 2.55. The molecule has 1 aliphatic heterocycles. The van der Waals surface area contributed by atoms with Gasteiger partial charge in [-0.25, -0.2) is 0 Å². The molecular formula is C17H26N2O. The Morgan fingerprint density at radius 1 is 1.30 bits per heavy atom. The van der Waals surface area contributed by atoms with E-state index in [4.69, 9.17) is 0 Å². The highest BCUT2D eigenvalue weighted by Gasteiger charge is 2.18. The van der Waals surface area contributed by atoms with Crippen LogP contribution < -0.4 is 5.32 Å². The monoisotopic (exact) mass is 274 g/mol. The topological polar surface area (TPSA) is 35.5 Å². The summed E-state index contributed by atoms with van der Waals surface area (Å²) in [6, 6.07) is 8.13. The lowest BCUT2D eigenvalue weighted by Crippen LogP contribution is -2.42. The van der Waals surface area contributed by atoms with Gasteiger partial charge in [0, 0.05) is 24.7 Å². The molecule has 110 valence electrons. The van der Waals surface area contributed by atoms with Gasteiger partial charge in [0.15, 0.2) is 0 Å². The Morgan fingerprint density at radius 2 is 2.00 bits per heavy atom. The minimum Gasteiger partial charge on any atom is -0.508 e. The molecule has 0 amide bonds. The van der Waals surface area contributed by atoms with Crippen LogP contribution in [-0.2, 0) is 6.54 Å². The molecule has 3 heteroatoms. The third kappa shape index (κ3) is 4.66. The van der Waals surface area contributed by atoms with Gasteiger partial charge in [-0.2, -0.15) is 0 Å². The van der Waals surface area contributed by atoms with Gasteiger partial charge in [-0.1, -0.05) is 29.8 Å². The zero-order chi connectivity index (χ0) is 14.4. The van der Waals surface area contributed by atoms with Crippen LogP contribution in [0.25, 0.3) is 0 Å². The lowest BCUT2D eigenvalue weighted by atomic mass is 10.0. The van der Waals surface area contributed by atoms with E-state index in [9.17, 15) is 5.11 Å². The number of piperidine rings is 1. The number of phenolic OH excluding ortho intramolecular Hbond substituents is 1. The molecule has 1 fully saturated rings. The van der Waals surface area contributed by atoms with E-state index in [1.807, 2.05) is 18.2 Å². The molecule has 0 radical (unpaired) electrons. The van der Waals surface area contributed by atoms with Crippen molar-refractivity contribution in [3.8, 4) is 5.75 Å². The van der Waals surface area contributed by atoms with E-state index in [0.29, 0.717) is 11.8 Å². The van der Waals surface area contributed by atoms with Gasteiger partial charge in [0.2, 0.25) is 0 Å². The molecule has 1 aliphatic rings. The lowest BCUT2D eigenvalue weighted by molar-refractivity contribution is 0.214. The zero-order valence-electron chi connectivity index (χ0n) is 12.6. The number of allylic oxidation sites excluding steroid dienone is 1. The van der Waals surface area contributed by atoms with Crippen LogP contribution in [0.4, 0.5) is 0 Å². The summed E-state index contributed by atoms with van der Waals surface area (Å²) in [6.07, 6.45) is 4.67. The van der Waals surface area contributed by atoms with Crippen molar-refractivity contribution in [2.24, 2.45) is 0 Å². The maximum atomic E-state index is 9.75. The van der Waals surface area contributed by atoms with Crippen molar-refractivity contribution in [1.29, 1.82) is 0 Å². The molecule has 0 aromatic heterocycles. The van der Waals surface area contributed by atoms with Crippen LogP contribution in [0.2, 0.25) is 0 Å². The second-order valence-electron chi connectivity index (χ2n) is 5.87. The van der Waals surface area contributed by atoms with Crippen LogP contribution in [0.3, 0.4) is 0 Å². The van der Waals surface area contributed by atoms with Crippen molar-refractivity contribution in [2.45, 2.75) is 39.3 Å². The van der Waals surface area contributed by atoms with E-state index in [1.165, 1.54) is 18.4 Å². The van der Waals surface area contributed by atoms with Crippen LogP contribution in [0.1, 0.15) is 32.3 Å². The van der Waals surface area contributed by atoms with Gasteiger partial charge in [0.25, 0.3) is 0 Å². The Kier molecular flexibility index (Phi) is 5.62. The highest BCUT2D eigenvalue weighted by Crippen LogP contribution is 2.17. The molecule has 1 aromatic carbocycles. The molecule has 1 heterocycles. The number of para-hydroxylation sites is 1. The minimum absolute atomic E-state index is 0.390. The second kappa shape index (κ2) is 7.46. The van der Waals surface area contributed by atoms with Crippen LogP contribution in [0.15, 0.2) is 35.9 Å². The van der Waals surface area contributed by atoms with Crippen LogP contribution in [0, 0.1) is 0 Å². The van der Waals surface area contributed by atoms with Crippen molar-refractivity contribution in [1.82, 2.24) is 10.2 Å². The SMILES string of the molecule is CC(C)=CCN1CCC(NCc2ccccc2O)CC1. The number of benzene rings is 1. The first kappa shape index (κ1) is 15.1. The van der Waals surface area contributed by atoms with Crippen molar-refractivity contribution < 1.29 is 5.11 Å². The quantitative estimate of drug-likeness (QED) is 0.810. The predicted octanol–water partition coefficient (Wildman–Crippen LogP) is 2.91. The van der Waals surface area contributed by atoms with Gasteiger partial charge in [-0.15, -0.1) is 0 Å². The van der Waals surface area contributed by atoms with Crippen molar-refractivity contribution in [2.75, 3.05) is 19.6 Å². The molecule has 0 saturated carbocycles. The number of aromatic hydroxyl groups is 1. The lowest BCUT2D eigenvalue weighted by Gasteiger charge is -2.32. The summed E-state index contributed by atoms with van der Waals surface area (Å²) in [6.45, 7) is 8.45. The molecule has 1 saturated heterocycles. The molecule has 3 nitrogen and oxygen atoms in total. The average Bonchev–Trinajstić information content (AvgIpc) is 2.45. The van der Waals surface area contributed by atoms with Gasteiger partial charge < -0.3 is 10.4 Å². The second-order valence-corrected chi connectivity index (χ2v) is 5.87. The number of nitrogens with zero attached hydrogens (tertiary/aromatic N) is 1. The van der Waals surface area contributed by atoms with Crippen LogP contribution >= 0.6 is 0 Å². The zero-order valence-corrected chi connectivity index (χ0v) is 12.6. The summed E-state index contributed by atoms with van der Waals surface area (Å²) < 4.78 is 0. The molecule has 2 N–H and O–H groups in total. The first-order chi connectivity index (χ1) is 9.65. The number of hydrogen-bond acceptors (Lipinski definition) is 3. The molecule has 0 aliphatic carbocycles. The Balaban J connectivity index is 1.72. The highest BCUT2D eigenvalue weighted by atomic mass is 16.3. The summed E-state index contributed by atoms with van der Waals surface area (Å²) in [7, 11) is 0. The van der Waals surface area contributed by atoms with Gasteiger partial charge in [0.05, 0.1) is 0 Å². The molecule has 1 aromatic rings. The number of likely N-dealkylation sites (tertiary alicyclic amines) is 1. The highest BCUT2D eigenvalue weighted by molar-refractivity contribution is 5.31. The third-order valence-corrected chi connectivity index (χ3v) is 3.92. The maximum Gasteiger partial charge on any atom is 0.120 e. The van der Waals surface area contributed by atoms with Crippen molar-refractivity contribution >= 4 is 0 Å². The molecular weight excluding hydrogens is 248 g/mol. The molecule has 0 atom stereocenters. The Bertz CT molecular complexity index is 444. The molecule has 0 bridgehead atoms. The Morgan fingerprint density at radius 3 is 2.65 bits per heavy atom. The van der Waals surface area contributed by atoms with Crippen LogP contribution in [0.5, 0.6) is 5.75 Å². The fraction of sp³-hybridized carbons (Fsp3) is 0.529. The molecule has 2 rings (SSSR count). The summed E-state index contributed by atoms with van der Waals surface area (Å²) >= 11 is 0. The third-order valence-electron chi connectivity index (χ3n) is 3.92.